The summed E-state index contributed by atoms with van der Waals surface area (Å²) in [5.74, 6) is 0.188. The zero-order valence-electron chi connectivity index (χ0n) is 11.7. The molecule has 0 atom stereocenters. The van der Waals surface area contributed by atoms with Gasteiger partial charge in [0, 0.05) is 16.9 Å². The first-order valence-electron chi connectivity index (χ1n) is 6.42. The molecule has 19 heavy (non-hydrogen) atoms. The third-order valence-corrected chi connectivity index (χ3v) is 3.30. The van der Waals surface area contributed by atoms with E-state index in [-0.39, 0.29) is 5.91 Å². The zero-order valence-corrected chi connectivity index (χ0v) is 11.7. The highest BCUT2D eigenvalue weighted by Crippen LogP contribution is 2.24. The number of nitrogens with one attached hydrogen (secondary N) is 2. The molecule has 1 aromatic carbocycles. The molecule has 0 saturated carbocycles. The summed E-state index contributed by atoms with van der Waals surface area (Å²) in [6.07, 6.45) is 0. The molecule has 0 aliphatic rings. The highest BCUT2D eigenvalue weighted by atomic mass is 16.1. The topological polar surface area (TPSA) is 57.8 Å². The number of aromatic amines is 1. The van der Waals surface area contributed by atoms with Crippen LogP contribution in [-0.4, -0.2) is 16.1 Å². The Morgan fingerprint density at radius 1 is 1.26 bits per heavy atom. The summed E-state index contributed by atoms with van der Waals surface area (Å²) >= 11 is 0. The lowest BCUT2D eigenvalue weighted by atomic mass is 10.0. The van der Waals surface area contributed by atoms with Crippen LogP contribution in [0.5, 0.6) is 0 Å². The normalized spacial score (nSPS) is 10.8. The third kappa shape index (κ3) is 2.67. The van der Waals surface area contributed by atoms with Crippen molar-refractivity contribution in [3.8, 4) is 0 Å². The van der Waals surface area contributed by atoms with Gasteiger partial charge < -0.3 is 5.32 Å². The Kier molecular flexibility index (Phi) is 3.69. The molecule has 0 fully saturated rings. The van der Waals surface area contributed by atoms with E-state index in [1.807, 2.05) is 38.1 Å². The third-order valence-electron chi connectivity index (χ3n) is 3.30. The molecule has 2 N–H and O–H groups in total. The van der Waals surface area contributed by atoms with Crippen LogP contribution >= 0.6 is 0 Å². The van der Waals surface area contributed by atoms with Crippen molar-refractivity contribution in [2.24, 2.45) is 0 Å². The number of hydrogen-bond acceptors (Lipinski definition) is 2. The molecule has 1 heterocycles. The summed E-state index contributed by atoms with van der Waals surface area (Å²) in [7, 11) is 0. The minimum absolute atomic E-state index is 0.171. The van der Waals surface area contributed by atoms with Crippen LogP contribution < -0.4 is 5.32 Å². The SMILES string of the molecule is Cc1[nH]nc(C(=O)Nc2ccccc2C(C)C)c1C. The van der Waals surface area contributed by atoms with Crippen molar-refractivity contribution < 1.29 is 4.79 Å². The minimum atomic E-state index is -0.171. The Labute approximate surface area is 113 Å². The average molecular weight is 257 g/mol. The maximum atomic E-state index is 12.2. The Bertz CT molecular complexity index is 599. The number of amides is 1. The summed E-state index contributed by atoms with van der Waals surface area (Å²) in [6.45, 7) is 8.01. The van der Waals surface area contributed by atoms with E-state index < -0.39 is 0 Å². The van der Waals surface area contributed by atoms with Crippen molar-refractivity contribution in [1.82, 2.24) is 10.2 Å². The molecule has 4 heteroatoms. The number of aromatic nitrogens is 2. The number of para-hydroxylation sites is 1. The van der Waals surface area contributed by atoms with Gasteiger partial charge in [-0.2, -0.15) is 5.10 Å². The van der Waals surface area contributed by atoms with Crippen LogP contribution in [0, 0.1) is 13.8 Å². The van der Waals surface area contributed by atoms with E-state index in [1.165, 1.54) is 0 Å². The van der Waals surface area contributed by atoms with Crippen LogP contribution in [0.15, 0.2) is 24.3 Å². The Morgan fingerprint density at radius 2 is 1.95 bits per heavy atom. The summed E-state index contributed by atoms with van der Waals surface area (Å²) < 4.78 is 0. The van der Waals surface area contributed by atoms with Crippen LogP contribution in [0.2, 0.25) is 0 Å². The van der Waals surface area contributed by atoms with Crippen molar-refractivity contribution in [2.45, 2.75) is 33.6 Å². The van der Waals surface area contributed by atoms with Gasteiger partial charge in [-0.1, -0.05) is 32.0 Å². The van der Waals surface area contributed by atoms with Crippen LogP contribution in [0.4, 0.5) is 5.69 Å². The number of carbonyl (C=O) groups excluding carboxylic acids is 1. The maximum Gasteiger partial charge on any atom is 0.276 e. The highest BCUT2D eigenvalue weighted by molar-refractivity contribution is 6.04. The number of anilines is 1. The molecule has 0 spiro atoms. The highest BCUT2D eigenvalue weighted by Gasteiger charge is 2.16. The Morgan fingerprint density at radius 3 is 2.53 bits per heavy atom. The quantitative estimate of drug-likeness (QED) is 0.885. The molecule has 0 bridgehead atoms. The largest absolute Gasteiger partial charge is 0.320 e. The molecule has 2 aromatic rings. The zero-order chi connectivity index (χ0) is 14.0. The maximum absolute atomic E-state index is 12.2. The second kappa shape index (κ2) is 5.26. The lowest BCUT2D eigenvalue weighted by Crippen LogP contribution is -2.15. The molecule has 100 valence electrons. The van der Waals surface area contributed by atoms with Crippen molar-refractivity contribution in [3.05, 3.63) is 46.8 Å². The first kappa shape index (κ1) is 13.3. The van der Waals surface area contributed by atoms with Gasteiger partial charge in [0.15, 0.2) is 5.69 Å². The van der Waals surface area contributed by atoms with Crippen molar-refractivity contribution in [2.75, 3.05) is 5.32 Å². The van der Waals surface area contributed by atoms with E-state index in [2.05, 4.69) is 29.4 Å². The first-order chi connectivity index (χ1) is 9.00. The minimum Gasteiger partial charge on any atom is -0.320 e. The molecular formula is C15H19N3O. The second-order valence-corrected chi connectivity index (χ2v) is 5.02. The summed E-state index contributed by atoms with van der Waals surface area (Å²) in [5.41, 5.74) is 4.24. The first-order valence-corrected chi connectivity index (χ1v) is 6.42. The molecule has 0 radical (unpaired) electrons. The van der Waals surface area contributed by atoms with Crippen molar-refractivity contribution >= 4 is 11.6 Å². The van der Waals surface area contributed by atoms with Crippen molar-refractivity contribution in [3.63, 3.8) is 0 Å². The van der Waals surface area contributed by atoms with Gasteiger partial charge in [-0.25, -0.2) is 0 Å². The number of nitrogens with zero attached hydrogens (tertiary/aromatic N) is 1. The van der Waals surface area contributed by atoms with Gasteiger partial charge in [0.05, 0.1) is 0 Å². The van der Waals surface area contributed by atoms with E-state index in [0.717, 1.165) is 22.5 Å². The molecule has 0 aliphatic heterocycles. The molecular weight excluding hydrogens is 238 g/mol. The fourth-order valence-electron chi connectivity index (χ4n) is 2.00. The predicted molar refractivity (Wildman–Crippen MR) is 76.5 cm³/mol. The molecule has 0 aliphatic carbocycles. The fourth-order valence-corrected chi connectivity index (χ4v) is 2.00. The van der Waals surface area contributed by atoms with E-state index >= 15 is 0 Å². The van der Waals surface area contributed by atoms with Crippen LogP contribution in [-0.2, 0) is 0 Å². The summed E-state index contributed by atoms with van der Waals surface area (Å²) in [5, 5.41) is 9.82. The fraction of sp³-hybridized carbons (Fsp3) is 0.333. The van der Waals surface area contributed by atoms with Crippen LogP contribution in [0.25, 0.3) is 0 Å². The lowest BCUT2D eigenvalue weighted by Gasteiger charge is -2.13. The van der Waals surface area contributed by atoms with Gasteiger partial charge in [0.1, 0.15) is 0 Å². The second-order valence-electron chi connectivity index (χ2n) is 5.02. The monoisotopic (exact) mass is 257 g/mol. The van der Waals surface area contributed by atoms with E-state index in [9.17, 15) is 4.79 Å². The number of H-pyrrole nitrogens is 1. The molecule has 1 aromatic heterocycles. The number of hydrogen-bond donors (Lipinski definition) is 2. The predicted octanol–water partition coefficient (Wildman–Crippen LogP) is 3.40. The molecule has 0 unspecified atom stereocenters. The summed E-state index contributed by atoms with van der Waals surface area (Å²) in [4.78, 5) is 12.2. The smallest absolute Gasteiger partial charge is 0.276 e. The number of benzene rings is 1. The number of carbonyl (C=O) groups is 1. The molecule has 2 rings (SSSR count). The molecule has 1 amide bonds. The van der Waals surface area contributed by atoms with E-state index in [4.69, 9.17) is 0 Å². The van der Waals surface area contributed by atoms with Gasteiger partial charge in [-0.05, 0) is 31.4 Å². The van der Waals surface area contributed by atoms with Crippen LogP contribution in [0.3, 0.4) is 0 Å². The van der Waals surface area contributed by atoms with Crippen molar-refractivity contribution in [1.29, 1.82) is 0 Å². The van der Waals surface area contributed by atoms with E-state index in [0.29, 0.717) is 11.6 Å². The number of rotatable bonds is 3. The Balaban J connectivity index is 2.27. The van der Waals surface area contributed by atoms with Gasteiger partial charge in [-0.3, -0.25) is 9.89 Å². The van der Waals surface area contributed by atoms with Gasteiger partial charge in [0.25, 0.3) is 5.91 Å². The van der Waals surface area contributed by atoms with Gasteiger partial charge >= 0.3 is 0 Å². The lowest BCUT2D eigenvalue weighted by molar-refractivity contribution is 0.102. The molecule has 0 saturated heterocycles. The van der Waals surface area contributed by atoms with Gasteiger partial charge in [0.2, 0.25) is 0 Å². The van der Waals surface area contributed by atoms with Gasteiger partial charge in [-0.15, -0.1) is 0 Å². The van der Waals surface area contributed by atoms with Crippen LogP contribution in [0.1, 0.15) is 47.1 Å². The number of aryl methyl sites for hydroxylation is 1. The standard InChI is InChI=1S/C15H19N3O/c1-9(2)12-7-5-6-8-13(12)16-15(19)14-10(3)11(4)17-18-14/h5-9H,1-4H3,(H,16,19)(H,17,18). The summed E-state index contributed by atoms with van der Waals surface area (Å²) in [6, 6.07) is 7.85. The Hall–Kier alpha value is -2.10. The van der Waals surface area contributed by atoms with E-state index in [1.54, 1.807) is 0 Å². The average Bonchev–Trinajstić information content (AvgIpc) is 2.70. The molecule has 4 nitrogen and oxygen atoms in total.